The number of carbonyl (C=O) groups is 1. The first-order valence-corrected chi connectivity index (χ1v) is 11.7. The van der Waals surface area contributed by atoms with E-state index in [0.29, 0.717) is 39.3 Å². The third-order valence-electron chi connectivity index (χ3n) is 5.93. The van der Waals surface area contributed by atoms with Gasteiger partial charge in [0.2, 0.25) is 0 Å². The van der Waals surface area contributed by atoms with E-state index < -0.39 is 32.8 Å². The summed E-state index contributed by atoms with van der Waals surface area (Å²) in [4.78, 5) is 43.4. The zero-order chi connectivity index (χ0) is 29.7. The summed E-state index contributed by atoms with van der Waals surface area (Å²) in [6, 6.07) is 12.4. The zero-order valence-electron chi connectivity index (χ0n) is 22.1. The number of hydrogen-bond donors (Lipinski definition) is 0. The Balaban J connectivity index is 1.89. The highest BCUT2D eigenvalue weighted by Gasteiger charge is 2.23. The van der Waals surface area contributed by atoms with E-state index in [1.165, 1.54) is 34.6 Å². The number of ether oxygens (including phenoxy) is 4. The number of non-ortho nitro benzene ring substituents is 2. The van der Waals surface area contributed by atoms with Gasteiger partial charge in [0.1, 0.15) is 11.4 Å². The van der Waals surface area contributed by atoms with E-state index in [1.54, 1.807) is 36.4 Å². The van der Waals surface area contributed by atoms with E-state index >= 15 is 0 Å². The molecule has 0 aliphatic rings. The molecule has 41 heavy (non-hydrogen) atoms. The molecule has 0 radical (unpaired) electrons. The molecule has 1 heterocycles. The number of nitrogens with zero attached hydrogens (tertiary/aromatic N) is 4. The van der Waals surface area contributed by atoms with Gasteiger partial charge in [0.15, 0.2) is 23.0 Å². The number of nitro groups is 2. The second kappa shape index (κ2) is 11.9. The summed E-state index contributed by atoms with van der Waals surface area (Å²) in [5, 5.41) is 27.9. The van der Waals surface area contributed by atoms with Crippen molar-refractivity contribution in [3.63, 3.8) is 0 Å². The highest BCUT2D eigenvalue weighted by molar-refractivity contribution is 6.18. The van der Waals surface area contributed by atoms with Gasteiger partial charge in [0.25, 0.3) is 11.4 Å². The van der Waals surface area contributed by atoms with Gasteiger partial charge in [0, 0.05) is 29.3 Å². The molecule has 0 N–H and O–H groups in total. The smallest absolute Gasteiger partial charge is 0.366 e. The first kappa shape index (κ1) is 28.2. The molecule has 0 bridgehead atoms. The van der Waals surface area contributed by atoms with Gasteiger partial charge in [-0.1, -0.05) is 5.16 Å². The van der Waals surface area contributed by atoms with Gasteiger partial charge in [-0.3, -0.25) is 25.2 Å². The fourth-order valence-corrected chi connectivity index (χ4v) is 3.97. The van der Waals surface area contributed by atoms with E-state index in [1.807, 2.05) is 0 Å². The molecule has 0 aliphatic heterocycles. The first-order valence-electron chi connectivity index (χ1n) is 11.7. The fourth-order valence-electron chi connectivity index (χ4n) is 3.97. The fraction of sp³-hybridized carbons (Fsp3) is 0.148. The maximum atomic E-state index is 13.0. The topological polar surface area (TPSA) is 175 Å². The summed E-state index contributed by atoms with van der Waals surface area (Å²) in [6.45, 7) is 0. The summed E-state index contributed by atoms with van der Waals surface area (Å²) in [7, 11) is 5.89. The molecule has 4 aromatic rings. The lowest BCUT2D eigenvalue weighted by molar-refractivity contribution is -0.394. The molecule has 3 aromatic carbocycles. The Morgan fingerprint density at radius 1 is 0.732 bits per heavy atom. The molecule has 1 aromatic heterocycles. The minimum atomic E-state index is -1.17. The molecule has 210 valence electrons. The van der Waals surface area contributed by atoms with Crippen LogP contribution in [0.3, 0.4) is 0 Å². The Morgan fingerprint density at radius 2 is 1.32 bits per heavy atom. The van der Waals surface area contributed by atoms with Crippen molar-refractivity contribution in [2.24, 2.45) is 5.16 Å². The van der Waals surface area contributed by atoms with Crippen molar-refractivity contribution in [1.82, 2.24) is 4.98 Å². The summed E-state index contributed by atoms with van der Waals surface area (Å²) in [5.74, 6) is 0.475. The van der Waals surface area contributed by atoms with Crippen LogP contribution in [0.4, 0.5) is 11.4 Å². The summed E-state index contributed by atoms with van der Waals surface area (Å²) in [6.07, 6.45) is 1.52. The molecular formula is C27H22N4O10. The van der Waals surface area contributed by atoms with Crippen molar-refractivity contribution >= 4 is 33.8 Å². The van der Waals surface area contributed by atoms with Gasteiger partial charge >= 0.3 is 5.97 Å². The Kier molecular flexibility index (Phi) is 8.22. The molecule has 0 fully saturated rings. The van der Waals surface area contributed by atoms with Crippen LogP contribution in [-0.2, 0) is 4.84 Å². The Hall–Kier alpha value is -5.79. The van der Waals surface area contributed by atoms with Gasteiger partial charge in [-0.15, -0.1) is 0 Å². The highest BCUT2D eigenvalue weighted by atomic mass is 16.7. The van der Waals surface area contributed by atoms with Crippen molar-refractivity contribution in [2.45, 2.75) is 0 Å². The van der Waals surface area contributed by atoms with E-state index in [2.05, 4.69) is 10.1 Å². The maximum Gasteiger partial charge on any atom is 0.366 e. The van der Waals surface area contributed by atoms with Gasteiger partial charge in [0.05, 0.1) is 49.9 Å². The molecule has 0 amide bonds. The lowest BCUT2D eigenvalue weighted by atomic mass is 10.0. The number of carbonyl (C=O) groups excluding carboxylic acids is 1. The van der Waals surface area contributed by atoms with Crippen molar-refractivity contribution in [1.29, 1.82) is 0 Å². The van der Waals surface area contributed by atoms with Gasteiger partial charge in [-0.2, -0.15) is 0 Å². The predicted molar refractivity (Wildman–Crippen MR) is 145 cm³/mol. The van der Waals surface area contributed by atoms with Crippen LogP contribution in [0.5, 0.6) is 23.0 Å². The number of aromatic nitrogens is 1. The van der Waals surface area contributed by atoms with Gasteiger partial charge in [-0.25, -0.2) is 4.79 Å². The molecular weight excluding hydrogens is 540 g/mol. The SMILES string of the molecule is COc1ccc(/C(=N\OC(=O)c2cc([N+](=O)[O-])cc([N+](=O)[O-])c2)c2nccc3cc(OC)c(OC)cc23)cc1OC. The molecule has 4 rings (SSSR count). The minimum absolute atomic E-state index is 0.0667. The molecule has 14 nitrogen and oxygen atoms in total. The van der Waals surface area contributed by atoms with Gasteiger partial charge in [-0.05, 0) is 41.8 Å². The quantitative estimate of drug-likeness (QED) is 0.113. The van der Waals surface area contributed by atoms with Crippen LogP contribution in [0.2, 0.25) is 0 Å². The average Bonchev–Trinajstić information content (AvgIpc) is 2.99. The summed E-state index contributed by atoms with van der Waals surface area (Å²) >= 11 is 0. The number of rotatable bonds is 10. The minimum Gasteiger partial charge on any atom is -0.493 e. The molecule has 0 spiro atoms. The average molecular weight is 562 g/mol. The molecule has 14 heteroatoms. The molecule has 0 saturated carbocycles. The van der Waals surface area contributed by atoms with Crippen LogP contribution in [0.1, 0.15) is 21.6 Å². The molecule has 0 saturated heterocycles. The lowest BCUT2D eigenvalue weighted by Crippen LogP contribution is -2.11. The van der Waals surface area contributed by atoms with Crippen LogP contribution in [0.15, 0.2) is 65.9 Å². The summed E-state index contributed by atoms with van der Waals surface area (Å²) < 4.78 is 21.6. The Morgan fingerprint density at radius 3 is 1.90 bits per heavy atom. The molecule has 0 atom stereocenters. The second-order valence-corrected chi connectivity index (χ2v) is 8.23. The number of hydrogen-bond acceptors (Lipinski definition) is 12. The highest BCUT2D eigenvalue weighted by Crippen LogP contribution is 2.35. The number of benzene rings is 3. The van der Waals surface area contributed by atoms with Gasteiger partial charge < -0.3 is 23.8 Å². The zero-order valence-corrected chi connectivity index (χ0v) is 22.1. The Labute approximate surface area is 232 Å². The van der Waals surface area contributed by atoms with Crippen molar-refractivity contribution in [2.75, 3.05) is 28.4 Å². The first-order chi connectivity index (χ1) is 19.7. The summed E-state index contributed by atoms with van der Waals surface area (Å²) in [5.41, 5.74) is -1.03. The van der Waals surface area contributed by atoms with E-state index in [4.69, 9.17) is 23.8 Å². The number of fused-ring (bicyclic) bond motifs is 1. The van der Waals surface area contributed by atoms with Crippen LogP contribution in [0.25, 0.3) is 10.8 Å². The monoisotopic (exact) mass is 562 g/mol. The van der Waals surface area contributed by atoms with Crippen LogP contribution < -0.4 is 18.9 Å². The van der Waals surface area contributed by atoms with E-state index in [0.717, 1.165) is 18.2 Å². The lowest BCUT2D eigenvalue weighted by Gasteiger charge is -2.14. The largest absolute Gasteiger partial charge is 0.493 e. The van der Waals surface area contributed by atoms with E-state index in [-0.39, 0.29) is 11.4 Å². The number of pyridine rings is 1. The third-order valence-corrected chi connectivity index (χ3v) is 5.93. The Bertz CT molecular complexity index is 1670. The number of nitro benzene ring substituents is 2. The second-order valence-electron chi connectivity index (χ2n) is 8.23. The van der Waals surface area contributed by atoms with Crippen molar-refractivity contribution in [3.05, 3.63) is 97.8 Å². The number of methoxy groups -OCH3 is 4. The standard InChI is InChI=1S/C27H22N4O10/c1-37-21-6-5-16(12-22(21)38-2)25(26-20-14-24(40-4)23(39-3)11-15(20)7-8-28-26)29-41-27(32)17-9-18(30(33)34)13-19(10-17)31(35)36/h5-14H,1-4H3/b29-25+. The normalized spacial score (nSPS) is 11.1. The van der Waals surface area contributed by atoms with Crippen LogP contribution in [-0.4, -0.2) is 55.0 Å². The van der Waals surface area contributed by atoms with Crippen LogP contribution in [0, 0.1) is 20.2 Å². The molecule has 0 unspecified atom stereocenters. The van der Waals surface area contributed by atoms with Crippen molar-refractivity contribution < 1.29 is 38.4 Å². The van der Waals surface area contributed by atoms with Crippen LogP contribution >= 0.6 is 0 Å². The third kappa shape index (κ3) is 5.80. The van der Waals surface area contributed by atoms with Crippen molar-refractivity contribution in [3.8, 4) is 23.0 Å². The predicted octanol–water partition coefficient (Wildman–Crippen LogP) is 4.70. The maximum absolute atomic E-state index is 13.0. The number of oxime groups is 1. The molecule has 0 aliphatic carbocycles. The van der Waals surface area contributed by atoms with E-state index in [9.17, 15) is 25.0 Å².